The molecular weight excluding hydrogens is 320 g/mol. The Labute approximate surface area is 138 Å². The van der Waals surface area contributed by atoms with Gasteiger partial charge in [0.05, 0.1) is 9.81 Å². The monoisotopic (exact) mass is 338 g/mol. The Morgan fingerprint density at radius 3 is 1.55 bits per heavy atom. The number of Topliss-reactive ketones (excluding diaryl/α,β-unsaturated/α-hetero) is 2. The third-order valence-electron chi connectivity index (χ3n) is 3.13. The normalized spacial score (nSPS) is 14.5. The molecule has 0 saturated carbocycles. The van der Waals surface area contributed by atoms with Crippen LogP contribution in [-0.2, 0) is 0 Å². The number of carbonyl (C=O) groups excluding carboxylic acids is 2. The van der Waals surface area contributed by atoms with Gasteiger partial charge in [-0.3, -0.25) is 9.59 Å². The first kappa shape index (κ1) is 17.3. The molecule has 4 nitrogen and oxygen atoms in total. The largest absolute Gasteiger partial charge is 0.396 e. The predicted octanol–water partition coefficient (Wildman–Crippen LogP) is 2.51. The summed E-state index contributed by atoms with van der Waals surface area (Å²) < 4.78 is 0. The van der Waals surface area contributed by atoms with Crippen molar-refractivity contribution in [2.75, 3.05) is 24.7 Å². The topological polar surface area (TPSA) is 74.6 Å². The maximum atomic E-state index is 12.6. The van der Waals surface area contributed by atoms with Crippen LogP contribution in [0.2, 0.25) is 0 Å². The van der Waals surface area contributed by atoms with Crippen LogP contribution in [0.5, 0.6) is 0 Å². The summed E-state index contributed by atoms with van der Waals surface area (Å²) in [6.45, 7) is 0.123. The van der Waals surface area contributed by atoms with E-state index in [9.17, 15) is 9.59 Å². The van der Waals surface area contributed by atoms with E-state index in [-0.39, 0.29) is 24.8 Å². The average Bonchev–Trinajstić information content (AvgIpc) is 2.54. The van der Waals surface area contributed by atoms with Gasteiger partial charge in [0.1, 0.15) is 0 Å². The molecule has 0 spiro atoms. The highest BCUT2D eigenvalue weighted by atomic mass is 32.2. The van der Waals surface area contributed by atoms with E-state index in [2.05, 4.69) is 0 Å². The summed E-state index contributed by atoms with van der Waals surface area (Å²) in [5.74, 6) is 0.947. The number of hydrogen-bond donors (Lipinski definition) is 2. The predicted molar refractivity (Wildman–Crippen MR) is 90.5 cm³/mol. The van der Waals surface area contributed by atoms with Crippen molar-refractivity contribution in [3.8, 4) is 0 Å². The zero-order valence-electron chi connectivity index (χ0n) is 12.1. The van der Waals surface area contributed by atoms with Crippen LogP contribution in [0.1, 0.15) is 33.6 Å². The molecule has 6 heteroatoms. The fourth-order valence-corrected chi connectivity index (χ4v) is 4.31. The average molecular weight is 338 g/mol. The van der Waals surface area contributed by atoms with Gasteiger partial charge in [-0.25, -0.2) is 0 Å². The van der Waals surface area contributed by atoms with Crippen molar-refractivity contribution in [2.45, 2.75) is 12.8 Å². The van der Waals surface area contributed by atoms with Crippen LogP contribution in [-0.4, -0.2) is 46.5 Å². The Morgan fingerprint density at radius 2 is 1.18 bits per heavy atom. The van der Waals surface area contributed by atoms with Crippen molar-refractivity contribution in [1.29, 1.82) is 0 Å². The van der Waals surface area contributed by atoms with Crippen LogP contribution in [0.15, 0.2) is 34.1 Å². The van der Waals surface area contributed by atoms with Crippen molar-refractivity contribution in [3.05, 3.63) is 45.2 Å². The number of fused-ring (bicyclic) bond motifs is 1. The lowest BCUT2D eigenvalue weighted by Gasteiger charge is -2.20. The molecule has 0 heterocycles. The third-order valence-corrected chi connectivity index (χ3v) is 5.60. The molecule has 0 amide bonds. The number of aliphatic hydroxyl groups is 2. The van der Waals surface area contributed by atoms with Crippen LogP contribution in [0.3, 0.4) is 0 Å². The molecule has 0 bridgehead atoms. The van der Waals surface area contributed by atoms with Crippen LogP contribution in [0.25, 0.3) is 0 Å². The summed E-state index contributed by atoms with van der Waals surface area (Å²) in [5.41, 5.74) is 0.899. The van der Waals surface area contributed by atoms with Crippen molar-refractivity contribution < 1.29 is 19.8 Å². The minimum Gasteiger partial charge on any atom is -0.396 e. The van der Waals surface area contributed by atoms with Gasteiger partial charge in [0.2, 0.25) is 11.6 Å². The van der Waals surface area contributed by atoms with Gasteiger partial charge in [-0.1, -0.05) is 24.3 Å². The Kier molecular flexibility index (Phi) is 6.70. The molecular formula is C16H18O4S2. The first-order chi connectivity index (χ1) is 10.7. The van der Waals surface area contributed by atoms with Crippen molar-refractivity contribution in [1.82, 2.24) is 0 Å². The molecule has 0 radical (unpaired) electrons. The lowest BCUT2D eigenvalue weighted by molar-refractivity contribution is 0.0988. The molecule has 1 aliphatic carbocycles. The molecule has 0 aliphatic heterocycles. The lowest BCUT2D eigenvalue weighted by Crippen LogP contribution is -2.20. The second-order valence-corrected chi connectivity index (χ2v) is 6.92. The van der Waals surface area contributed by atoms with Gasteiger partial charge >= 0.3 is 0 Å². The standard InChI is InChI=1S/C16H18O4S2/c17-7-3-9-21-15-13(19)11-5-1-2-6-12(11)14(20)16(15)22-10-4-8-18/h1-2,5-6,17-18H,3-4,7-10H2. The zero-order valence-corrected chi connectivity index (χ0v) is 13.7. The molecule has 1 aromatic rings. The molecule has 0 fully saturated rings. The highest BCUT2D eigenvalue weighted by molar-refractivity contribution is 8.08. The lowest BCUT2D eigenvalue weighted by atomic mass is 9.94. The molecule has 2 rings (SSSR count). The van der Waals surface area contributed by atoms with Crippen molar-refractivity contribution in [2.24, 2.45) is 0 Å². The molecule has 0 saturated heterocycles. The molecule has 2 N–H and O–H groups in total. The van der Waals surface area contributed by atoms with E-state index in [0.717, 1.165) is 0 Å². The maximum Gasteiger partial charge on any atom is 0.201 e. The van der Waals surface area contributed by atoms with Gasteiger partial charge in [-0.15, -0.1) is 23.5 Å². The van der Waals surface area contributed by atoms with Gasteiger partial charge in [0.15, 0.2) is 0 Å². The SMILES string of the molecule is O=C1C(SCCCO)=C(SCCCO)C(=O)c2ccccc21. The van der Waals surface area contributed by atoms with Gasteiger partial charge < -0.3 is 10.2 Å². The molecule has 0 unspecified atom stereocenters. The third kappa shape index (κ3) is 3.81. The summed E-state index contributed by atoms with van der Waals surface area (Å²) in [7, 11) is 0. The van der Waals surface area contributed by atoms with Gasteiger partial charge in [0, 0.05) is 35.8 Å². The maximum absolute atomic E-state index is 12.6. The van der Waals surface area contributed by atoms with E-state index >= 15 is 0 Å². The number of rotatable bonds is 8. The van der Waals surface area contributed by atoms with E-state index in [1.807, 2.05) is 0 Å². The number of hydrogen-bond acceptors (Lipinski definition) is 6. The first-order valence-electron chi connectivity index (χ1n) is 7.10. The van der Waals surface area contributed by atoms with Gasteiger partial charge in [0.25, 0.3) is 0 Å². The van der Waals surface area contributed by atoms with Gasteiger partial charge in [-0.05, 0) is 12.8 Å². The molecule has 22 heavy (non-hydrogen) atoms. The summed E-state index contributed by atoms with van der Waals surface area (Å²) in [6.07, 6.45) is 1.15. The number of benzene rings is 1. The summed E-state index contributed by atoms with van der Waals surface area (Å²) in [6, 6.07) is 6.86. The number of allylic oxidation sites excluding steroid dienone is 2. The second kappa shape index (κ2) is 8.53. The van der Waals surface area contributed by atoms with E-state index < -0.39 is 0 Å². The van der Waals surface area contributed by atoms with Crippen LogP contribution < -0.4 is 0 Å². The molecule has 1 aliphatic rings. The summed E-state index contributed by atoms with van der Waals surface area (Å²) >= 11 is 2.66. The summed E-state index contributed by atoms with van der Waals surface area (Å²) in [5, 5.41) is 17.8. The van der Waals surface area contributed by atoms with Crippen LogP contribution in [0, 0.1) is 0 Å². The van der Waals surface area contributed by atoms with Crippen LogP contribution in [0.4, 0.5) is 0 Å². The molecule has 1 aromatic carbocycles. The molecule has 0 aromatic heterocycles. The minimum atomic E-state index is -0.121. The quantitative estimate of drug-likeness (QED) is 0.710. The Hall–Kier alpha value is -1.08. The smallest absolute Gasteiger partial charge is 0.201 e. The number of aliphatic hydroxyl groups excluding tert-OH is 2. The van der Waals surface area contributed by atoms with E-state index in [4.69, 9.17) is 10.2 Å². The number of ketones is 2. The second-order valence-electron chi connectivity index (χ2n) is 4.71. The summed E-state index contributed by atoms with van der Waals surface area (Å²) in [4.78, 5) is 26.2. The first-order valence-corrected chi connectivity index (χ1v) is 9.07. The minimum absolute atomic E-state index is 0.0615. The number of carbonyl (C=O) groups is 2. The number of thioether (sulfide) groups is 2. The van der Waals surface area contributed by atoms with Crippen LogP contribution >= 0.6 is 23.5 Å². The van der Waals surface area contributed by atoms with E-state index in [1.165, 1.54) is 23.5 Å². The zero-order chi connectivity index (χ0) is 15.9. The van der Waals surface area contributed by atoms with Crippen molar-refractivity contribution in [3.63, 3.8) is 0 Å². The fraction of sp³-hybridized carbons (Fsp3) is 0.375. The van der Waals surface area contributed by atoms with Crippen molar-refractivity contribution >= 4 is 35.1 Å². The Morgan fingerprint density at radius 1 is 0.773 bits per heavy atom. The van der Waals surface area contributed by atoms with Gasteiger partial charge in [-0.2, -0.15) is 0 Å². The molecule has 118 valence electrons. The highest BCUT2D eigenvalue weighted by Crippen LogP contribution is 2.38. The Balaban J connectivity index is 2.32. The highest BCUT2D eigenvalue weighted by Gasteiger charge is 2.32. The van der Waals surface area contributed by atoms with E-state index in [1.54, 1.807) is 24.3 Å². The fourth-order valence-electron chi connectivity index (χ4n) is 2.07. The van der Waals surface area contributed by atoms with E-state index in [0.29, 0.717) is 45.3 Å². The Bertz CT molecular complexity index is 545. The molecule has 0 atom stereocenters.